The third kappa shape index (κ3) is 3.55. The van der Waals surface area contributed by atoms with Crippen LogP contribution in [-0.4, -0.2) is 15.5 Å². The molecule has 6 nitrogen and oxygen atoms in total. The average Bonchev–Trinajstić information content (AvgIpc) is 2.65. The van der Waals surface area contributed by atoms with Crippen LogP contribution in [0.1, 0.15) is 35.0 Å². The van der Waals surface area contributed by atoms with Crippen molar-refractivity contribution in [2.24, 2.45) is 0 Å². The molecule has 136 valence electrons. The summed E-state index contributed by atoms with van der Waals surface area (Å²) in [7, 11) is 0. The highest BCUT2D eigenvalue weighted by Gasteiger charge is 2.17. The number of pyridine rings is 2. The molecule has 1 amide bonds. The molecule has 7 heteroatoms. The SMILES string of the molecule is CCCn1cc(C(=O)Nc2ccc(F)c(C#N)c2)c(=O)c2ccc(C)nc21. The maximum Gasteiger partial charge on any atom is 0.261 e. The fraction of sp³-hybridized carbons (Fsp3) is 0.200. The Labute approximate surface area is 154 Å². The predicted octanol–water partition coefficient (Wildman–Crippen LogP) is 3.38. The lowest BCUT2D eigenvalue weighted by Gasteiger charge is -2.12. The van der Waals surface area contributed by atoms with E-state index in [1.807, 2.05) is 13.8 Å². The van der Waals surface area contributed by atoms with Gasteiger partial charge in [-0.1, -0.05) is 6.92 Å². The molecule has 0 aliphatic carbocycles. The number of fused-ring (bicyclic) bond motifs is 1. The minimum Gasteiger partial charge on any atom is -0.331 e. The second-order valence-electron chi connectivity index (χ2n) is 6.15. The van der Waals surface area contributed by atoms with Crippen molar-refractivity contribution in [3.63, 3.8) is 0 Å². The highest BCUT2D eigenvalue weighted by Crippen LogP contribution is 2.16. The summed E-state index contributed by atoms with van der Waals surface area (Å²) >= 11 is 0. The largest absolute Gasteiger partial charge is 0.331 e. The van der Waals surface area contributed by atoms with Gasteiger partial charge in [-0.3, -0.25) is 9.59 Å². The topological polar surface area (TPSA) is 87.8 Å². The molecular formula is C20H17FN4O2. The minimum absolute atomic E-state index is 0.0376. The number of hydrogen-bond acceptors (Lipinski definition) is 4. The first kappa shape index (κ1) is 18.3. The third-order valence-electron chi connectivity index (χ3n) is 4.11. The molecule has 0 aliphatic heterocycles. The Kier molecular flexibility index (Phi) is 4.99. The van der Waals surface area contributed by atoms with E-state index < -0.39 is 17.2 Å². The van der Waals surface area contributed by atoms with Crippen LogP contribution >= 0.6 is 0 Å². The molecule has 3 rings (SSSR count). The van der Waals surface area contributed by atoms with Crippen LogP contribution in [0.3, 0.4) is 0 Å². The number of anilines is 1. The first-order chi connectivity index (χ1) is 12.9. The lowest BCUT2D eigenvalue weighted by Crippen LogP contribution is -2.24. The Morgan fingerprint density at radius 1 is 1.33 bits per heavy atom. The van der Waals surface area contributed by atoms with Crippen molar-refractivity contribution in [3.05, 3.63) is 69.4 Å². The first-order valence-corrected chi connectivity index (χ1v) is 8.46. The zero-order valence-electron chi connectivity index (χ0n) is 14.9. The maximum absolute atomic E-state index is 13.4. The summed E-state index contributed by atoms with van der Waals surface area (Å²) < 4.78 is 15.2. The summed E-state index contributed by atoms with van der Waals surface area (Å²) in [6.07, 6.45) is 2.29. The summed E-state index contributed by atoms with van der Waals surface area (Å²) in [4.78, 5) is 29.9. The van der Waals surface area contributed by atoms with Crippen LogP contribution in [0.25, 0.3) is 11.0 Å². The summed E-state index contributed by atoms with van der Waals surface area (Å²) in [5.74, 6) is -1.30. The number of aromatic nitrogens is 2. The van der Waals surface area contributed by atoms with Crippen molar-refractivity contribution in [1.29, 1.82) is 5.26 Å². The van der Waals surface area contributed by atoms with Crippen molar-refractivity contribution in [1.82, 2.24) is 9.55 Å². The molecule has 1 N–H and O–H groups in total. The first-order valence-electron chi connectivity index (χ1n) is 8.46. The van der Waals surface area contributed by atoms with E-state index in [1.54, 1.807) is 22.8 Å². The number of carbonyl (C=O) groups is 1. The van der Waals surface area contributed by atoms with Crippen molar-refractivity contribution >= 4 is 22.6 Å². The van der Waals surface area contributed by atoms with Gasteiger partial charge in [-0.15, -0.1) is 0 Å². The van der Waals surface area contributed by atoms with E-state index >= 15 is 0 Å². The number of carbonyl (C=O) groups excluding carboxylic acids is 1. The van der Waals surface area contributed by atoms with E-state index in [4.69, 9.17) is 5.26 Å². The van der Waals surface area contributed by atoms with E-state index in [2.05, 4.69) is 10.3 Å². The zero-order chi connectivity index (χ0) is 19.6. The van der Waals surface area contributed by atoms with E-state index in [0.717, 1.165) is 18.2 Å². The fourth-order valence-electron chi connectivity index (χ4n) is 2.82. The van der Waals surface area contributed by atoms with Gasteiger partial charge in [0.2, 0.25) is 5.43 Å². The molecule has 0 bridgehead atoms. The van der Waals surface area contributed by atoms with Gasteiger partial charge in [-0.2, -0.15) is 5.26 Å². The van der Waals surface area contributed by atoms with Crippen molar-refractivity contribution in [3.8, 4) is 6.07 Å². The van der Waals surface area contributed by atoms with E-state index in [9.17, 15) is 14.0 Å². The highest BCUT2D eigenvalue weighted by molar-refractivity contribution is 6.05. The minimum atomic E-state index is -0.673. The number of nitrogens with zero attached hydrogens (tertiary/aromatic N) is 3. The van der Waals surface area contributed by atoms with Crippen LogP contribution in [0, 0.1) is 24.1 Å². The second kappa shape index (κ2) is 7.38. The predicted molar refractivity (Wildman–Crippen MR) is 100 cm³/mol. The van der Waals surface area contributed by atoms with Crippen LogP contribution in [0.2, 0.25) is 0 Å². The number of nitrogens with one attached hydrogen (secondary N) is 1. The third-order valence-corrected chi connectivity index (χ3v) is 4.11. The molecule has 27 heavy (non-hydrogen) atoms. The summed E-state index contributed by atoms with van der Waals surface area (Å²) in [5, 5.41) is 11.8. The number of amides is 1. The molecule has 0 atom stereocenters. The van der Waals surface area contributed by atoms with Gasteiger partial charge < -0.3 is 9.88 Å². The van der Waals surface area contributed by atoms with E-state index in [-0.39, 0.29) is 16.8 Å². The van der Waals surface area contributed by atoms with Crippen LogP contribution in [0.15, 0.2) is 41.3 Å². The molecular weight excluding hydrogens is 347 g/mol. The van der Waals surface area contributed by atoms with E-state index in [1.165, 1.54) is 18.3 Å². The Balaban J connectivity index is 2.07. The molecule has 3 aromatic rings. The molecule has 2 aromatic heterocycles. The summed E-state index contributed by atoms with van der Waals surface area (Å²) in [6.45, 7) is 4.42. The maximum atomic E-state index is 13.4. The van der Waals surface area contributed by atoms with Crippen LogP contribution in [0.4, 0.5) is 10.1 Å². The molecule has 0 aliphatic rings. The number of halogens is 1. The smallest absolute Gasteiger partial charge is 0.261 e. The van der Waals surface area contributed by atoms with E-state index in [0.29, 0.717) is 17.6 Å². The van der Waals surface area contributed by atoms with Gasteiger partial charge in [-0.05, 0) is 43.7 Å². The fourth-order valence-corrected chi connectivity index (χ4v) is 2.82. The molecule has 0 saturated carbocycles. The Morgan fingerprint density at radius 3 is 2.81 bits per heavy atom. The van der Waals surface area contributed by atoms with Gasteiger partial charge in [0.25, 0.3) is 5.91 Å². The molecule has 0 fully saturated rings. The molecule has 0 unspecified atom stereocenters. The van der Waals surface area contributed by atoms with Crippen molar-refractivity contribution < 1.29 is 9.18 Å². The lowest BCUT2D eigenvalue weighted by atomic mass is 10.1. The van der Waals surface area contributed by atoms with Gasteiger partial charge in [0, 0.05) is 24.1 Å². The molecule has 0 spiro atoms. The van der Waals surface area contributed by atoms with Gasteiger partial charge >= 0.3 is 0 Å². The highest BCUT2D eigenvalue weighted by atomic mass is 19.1. The van der Waals surface area contributed by atoms with Gasteiger partial charge in [0.15, 0.2) is 0 Å². The van der Waals surface area contributed by atoms with Crippen LogP contribution in [0.5, 0.6) is 0 Å². The molecule has 0 saturated heterocycles. The number of benzene rings is 1. The van der Waals surface area contributed by atoms with Gasteiger partial charge in [0.05, 0.1) is 10.9 Å². The Hall–Kier alpha value is -3.53. The normalized spacial score (nSPS) is 10.6. The Bertz CT molecular complexity index is 1150. The number of nitriles is 1. The van der Waals surface area contributed by atoms with Crippen LogP contribution < -0.4 is 10.7 Å². The zero-order valence-corrected chi connectivity index (χ0v) is 14.9. The van der Waals surface area contributed by atoms with Crippen molar-refractivity contribution in [2.75, 3.05) is 5.32 Å². The summed E-state index contributed by atoms with van der Waals surface area (Å²) in [6, 6.07) is 8.76. The van der Waals surface area contributed by atoms with Crippen LogP contribution in [-0.2, 0) is 6.54 Å². The molecule has 1 aromatic carbocycles. The second-order valence-corrected chi connectivity index (χ2v) is 6.15. The average molecular weight is 364 g/mol. The standard InChI is InChI=1S/C20H17FN4O2/c1-3-8-25-11-16(18(26)15-6-4-12(2)23-19(15)25)20(27)24-14-5-7-17(21)13(9-14)10-22/h4-7,9,11H,3,8H2,1-2H3,(H,24,27). The molecule has 2 heterocycles. The molecule has 0 radical (unpaired) electrons. The lowest BCUT2D eigenvalue weighted by molar-refractivity contribution is 0.102. The Morgan fingerprint density at radius 2 is 2.11 bits per heavy atom. The number of hydrogen-bond donors (Lipinski definition) is 1. The summed E-state index contributed by atoms with van der Waals surface area (Å²) in [5.41, 5.74) is 0.900. The number of rotatable bonds is 4. The van der Waals surface area contributed by atoms with Gasteiger partial charge in [0.1, 0.15) is 23.1 Å². The quantitative estimate of drug-likeness (QED) is 0.769. The van der Waals surface area contributed by atoms with Gasteiger partial charge in [-0.25, -0.2) is 9.37 Å². The monoisotopic (exact) mass is 364 g/mol. The van der Waals surface area contributed by atoms with Crippen molar-refractivity contribution in [2.45, 2.75) is 26.8 Å². The number of aryl methyl sites for hydroxylation is 2.